The van der Waals surface area contributed by atoms with Crippen LogP contribution in [0.4, 0.5) is 0 Å². The van der Waals surface area contributed by atoms with Gasteiger partial charge in [-0.05, 0) is 62.0 Å². The van der Waals surface area contributed by atoms with Gasteiger partial charge in [-0.25, -0.2) is 4.57 Å². The number of hydrogen-bond acceptors (Lipinski definition) is 6. The number of ether oxygens (including phenoxy) is 1. The zero-order chi connectivity index (χ0) is 24.5. The van der Waals surface area contributed by atoms with E-state index in [1.54, 1.807) is 17.1 Å². The monoisotopic (exact) mass is 590 g/mol. The first kappa shape index (κ1) is 30.0. The Labute approximate surface area is 207 Å². The third kappa shape index (κ3) is 8.96. The van der Waals surface area contributed by atoms with Gasteiger partial charge in [-0.2, -0.15) is 4.65 Å². The van der Waals surface area contributed by atoms with Crippen molar-refractivity contribution in [2.75, 3.05) is 19.6 Å². The van der Waals surface area contributed by atoms with Crippen molar-refractivity contribution in [2.24, 2.45) is 17.8 Å². The molecule has 0 spiro atoms. The summed E-state index contributed by atoms with van der Waals surface area (Å²) in [7, 11) is -4.40. The molecule has 0 aromatic heterocycles. The summed E-state index contributed by atoms with van der Waals surface area (Å²) < 4.78 is 31.6. The molecular formula is C22H42INO7P+. The van der Waals surface area contributed by atoms with E-state index in [-0.39, 0.29) is 28.6 Å². The molecule has 32 heavy (non-hydrogen) atoms. The number of esters is 1. The zero-order valence-electron chi connectivity index (χ0n) is 20.3. The predicted molar refractivity (Wildman–Crippen MR) is 133 cm³/mol. The minimum absolute atomic E-state index is 0.0109. The van der Waals surface area contributed by atoms with Crippen LogP contribution in [0.25, 0.3) is 0 Å². The number of rotatable bonds is 14. The Morgan fingerprint density at radius 3 is 2.38 bits per heavy atom. The van der Waals surface area contributed by atoms with Gasteiger partial charge >= 0.3 is 13.8 Å². The lowest BCUT2D eigenvalue weighted by molar-refractivity contribution is -1.08. The van der Waals surface area contributed by atoms with Gasteiger partial charge in [0.05, 0.1) is 12.2 Å². The minimum atomic E-state index is -4.40. The number of cyclic esters (lactones) is 1. The molecule has 10 heteroatoms. The molecule has 8 nitrogen and oxygen atoms in total. The number of aliphatic hydroxyl groups is 1. The lowest BCUT2D eigenvalue weighted by Crippen LogP contribution is -2.46. The highest BCUT2D eigenvalue weighted by molar-refractivity contribution is 14.1. The van der Waals surface area contributed by atoms with E-state index in [4.69, 9.17) is 13.9 Å². The minimum Gasteiger partial charge on any atom is -0.462 e. The molecule has 0 bridgehead atoms. The molecule has 0 radical (unpaired) electrons. The number of hydrogen-bond donors (Lipinski definition) is 2. The Bertz CT molecular complexity index is 650. The average Bonchev–Trinajstić information content (AvgIpc) is 2.76. The van der Waals surface area contributed by atoms with Crippen molar-refractivity contribution in [3.63, 3.8) is 0 Å². The molecule has 0 amide bonds. The lowest BCUT2D eigenvalue weighted by atomic mass is 9.83. The topological polar surface area (TPSA) is 102 Å². The Hall–Kier alpha value is -0.0300. The Morgan fingerprint density at radius 1 is 1.25 bits per heavy atom. The molecule has 1 aliphatic heterocycles. The molecule has 1 heterocycles. The largest absolute Gasteiger partial charge is 0.518 e. The van der Waals surface area contributed by atoms with Gasteiger partial charge in [-0.1, -0.05) is 48.0 Å². The number of aliphatic hydroxyl groups excluding tert-OH is 1. The number of carbonyl (C=O) groups excluding carboxylic acids is 1. The van der Waals surface area contributed by atoms with Crippen molar-refractivity contribution in [3.8, 4) is 0 Å². The fourth-order valence-corrected chi connectivity index (χ4v) is 6.13. The molecular weight excluding hydrogens is 548 g/mol. The maximum absolute atomic E-state index is 13.0. The molecule has 1 saturated heterocycles. The molecule has 1 rings (SSSR count). The quantitative estimate of drug-likeness (QED) is 0.0967. The number of quaternary nitrogens is 1. The van der Waals surface area contributed by atoms with Crippen LogP contribution < -0.4 is 0 Å². The summed E-state index contributed by atoms with van der Waals surface area (Å²) in [6.45, 7) is 13.2. The normalized spacial score (nSPS) is 25.7. The standard InChI is InChI=1S/C22H41INO7P/c1-7-24(8-2,9-3)31-32(27,28)30-20(18(6)19(25)14-15-23)12-10-16(4)22-17(5)11-13-21(26)29-22/h14-20,22,25H,7-13H2,1-6H3/p+1/b15-14-/t16-,17-,18-,19-,20-,22-/m0/s1. The van der Waals surface area contributed by atoms with Crippen molar-refractivity contribution < 1.29 is 37.9 Å². The Kier molecular flexibility index (Phi) is 12.9. The number of phosphoric ester groups is 1. The van der Waals surface area contributed by atoms with Gasteiger partial charge < -0.3 is 9.84 Å². The maximum atomic E-state index is 13.0. The lowest BCUT2D eigenvalue weighted by Gasteiger charge is -2.36. The molecule has 2 N–H and O–H groups in total. The second-order valence-electron chi connectivity index (χ2n) is 8.89. The molecule has 0 saturated carbocycles. The second kappa shape index (κ2) is 13.8. The first-order valence-corrected chi connectivity index (χ1v) is 14.4. The van der Waals surface area contributed by atoms with Crippen LogP contribution in [0.3, 0.4) is 0 Å². The first-order chi connectivity index (χ1) is 14.9. The molecule has 1 fully saturated rings. The molecule has 1 unspecified atom stereocenters. The van der Waals surface area contributed by atoms with E-state index in [2.05, 4.69) is 6.92 Å². The predicted octanol–water partition coefficient (Wildman–Crippen LogP) is 4.98. The highest BCUT2D eigenvalue weighted by atomic mass is 127. The van der Waals surface area contributed by atoms with Crippen LogP contribution in [0.5, 0.6) is 0 Å². The van der Waals surface area contributed by atoms with Crippen LogP contribution in [0.15, 0.2) is 10.2 Å². The summed E-state index contributed by atoms with van der Waals surface area (Å²) in [6, 6.07) is 0. The fraction of sp³-hybridized carbons (Fsp3) is 0.864. The number of nitrogens with zero attached hydrogens (tertiary/aromatic N) is 1. The van der Waals surface area contributed by atoms with Crippen LogP contribution in [0.1, 0.15) is 67.2 Å². The van der Waals surface area contributed by atoms with E-state index in [0.29, 0.717) is 38.9 Å². The third-order valence-electron chi connectivity index (χ3n) is 6.77. The number of hydroxylamine groups is 3. The summed E-state index contributed by atoms with van der Waals surface area (Å²) in [5.41, 5.74) is 0. The van der Waals surface area contributed by atoms with Crippen LogP contribution >= 0.6 is 30.4 Å². The van der Waals surface area contributed by atoms with Crippen molar-refractivity contribution in [1.29, 1.82) is 0 Å². The van der Waals surface area contributed by atoms with Crippen molar-refractivity contribution in [2.45, 2.75) is 85.5 Å². The fourth-order valence-electron chi connectivity index (χ4n) is 4.24. The van der Waals surface area contributed by atoms with E-state index in [9.17, 15) is 19.4 Å². The molecule has 1 aliphatic rings. The van der Waals surface area contributed by atoms with Crippen molar-refractivity contribution in [3.05, 3.63) is 10.2 Å². The Balaban J connectivity index is 2.97. The Morgan fingerprint density at radius 2 is 1.84 bits per heavy atom. The first-order valence-electron chi connectivity index (χ1n) is 11.7. The van der Waals surface area contributed by atoms with Crippen LogP contribution in [0, 0.1) is 17.8 Å². The van der Waals surface area contributed by atoms with Crippen molar-refractivity contribution in [1.82, 2.24) is 0 Å². The smallest absolute Gasteiger partial charge is 0.462 e. The SMILES string of the molecule is CC[N+](CC)(CC)OP(=O)(O)O[C@@H](CC[C@H](C)[C@@H]1OC(=O)CC[C@@H]1C)[C@@H](C)[C@@H](O)/C=C\I. The highest BCUT2D eigenvalue weighted by Crippen LogP contribution is 2.49. The van der Waals surface area contributed by atoms with E-state index in [1.807, 2.05) is 50.3 Å². The summed E-state index contributed by atoms with van der Waals surface area (Å²) >= 11 is 2.02. The number of carbonyl (C=O) groups is 1. The van der Waals surface area contributed by atoms with Crippen LogP contribution in [0.2, 0.25) is 0 Å². The highest BCUT2D eigenvalue weighted by Gasteiger charge is 2.41. The number of phosphoric acid groups is 1. The van der Waals surface area contributed by atoms with Crippen molar-refractivity contribution >= 4 is 36.4 Å². The van der Waals surface area contributed by atoms with Crippen LogP contribution in [-0.4, -0.2) is 58.6 Å². The van der Waals surface area contributed by atoms with E-state index < -0.39 is 25.9 Å². The number of halogens is 1. The second-order valence-corrected chi connectivity index (χ2v) is 10.9. The van der Waals surface area contributed by atoms with Gasteiger partial charge in [0.2, 0.25) is 0 Å². The summed E-state index contributed by atoms with van der Waals surface area (Å²) in [4.78, 5) is 22.4. The van der Waals surface area contributed by atoms with Gasteiger partial charge in [0, 0.05) is 12.3 Å². The van der Waals surface area contributed by atoms with Gasteiger partial charge in [0.1, 0.15) is 25.7 Å². The summed E-state index contributed by atoms with van der Waals surface area (Å²) in [5, 5.41) is 10.5. The van der Waals surface area contributed by atoms with Crippen LogP contribution in [-0.2, 0) is 23.2 Å². The van der Waals surface area contributed by atoms with E-state index in [0.717, 1.165) is 6.42 Å². The van der Waals surface area contributed by atoms with Gasteiger partial charge in [-0.3, -0.25) is 14.2 Å². The molecule has 0 aromatic carbocycles. The molecule has 188 valence electrons. The van der Waals surface area contributed by atoms with Gasteiger partial charge in [0.15, 0.2) is 0 Å². The molecule has 0 aliphatic carbocycles. The molecule has 0 aromatic rings. The summed E-state index contributed by atoms with van der Waals surface area (Å²) in [6.07, 6.45) is 2.19. The summed E-state index contributed by atoms with van der Waals surface area (Å²) in [5.74, 6) is -0.295. The maximum Gasteiger partial charge on any atom is 0.518 e. The third-order valence-corrected chi connectivity index (χ3v) is 8.27. The van der Waals surface area contributed by atoms with Gasteiger partial charge in [0.25, 0.3) is 0 Å². The van der Waals surface area contributed by atoms with E-state index in [1.165, 1.54) is 0 Å². The molecule has 7 atom stereocenters. The zero-order valence-corrected chi connectivity index (χ0v) is 23.3. The average molecular weight is 590 g/mol. The van der Waals surface area contributed by atoms with Gasteiger partial charge in [-0.15, -0.1) is 0 Å². The van der Waals surface area contributed by atoms with E-state index >= 15 is 0 Å².